The van der Waals surface area contributed by atoms with Crippen molar-refractivity contribution in [3.63, 3.8) is 0 Å². The molecule has 0 aromatic heterocycles. The van der Waals surface area contributed by atoms with Gasteiger partial charge in [-0.25, -0.2) is 21.6 Å². The minimum absolute atomic E-state index is 0. The van der Waals surface area contributed by atoms with Crippen molar-refractivity contribution in [2.75, 3.05) is 19.3 Å². The van der Waals surface area contributed by atoms with Crippen LogP contribution in [0, 0.1) is 0 Å². The van der Waals surface area contributed by atoms with Crippen LogP contribution in [0.15, 0.2) is 34.1 Å². The summed E-state index contributed by atoms with van der Waals surface area (Å²) in [5, 5.41) is 3.24. The average Bonchev–Trinajstić information content (AvgIpc) is 2.45. The van der Waals surface area contributed by atoms with Gasteiger partial charge in [0.15, 0.2) is 9.84 Å². The fourth-order valence-electron chi connectivity index (χ4n) is 2.36. The molecule has 1 unspecified atom stereocenters. The number of hydrogen-bond acceptors (Lipinski definition) is 5. The minimum atomic E-state index is -3.84. The molecule has 6 nitrogen and oxygen atoms in total. The van der Waals surface area contributed by atoms with Gasteiger partial charge in [-0.1, -0.05) is 18.6 Å². The van der Waals surface area contributed by atoms with Crippen LogP contribution in [0.4, 0.5) is 0 Å². The molecule has 1 saturated heterocycles. The predicted octanol–water partition coefficient (Wildman–Crippen LogP) is 0.932. The Balaban J connectivity index is 0.00000242. The zero-order valence-electron chi connectivity index (χ0n) is 12.3. The maximum absolute atomic E-state index is 12.3. The van der Waals surface area contributed by atoms with E-state index in [2.05, 4.69) is 10.0 Å². The van der Waals surface area contributed by atoms with Crippen molar-refractivity contribution in [3.05, 3.63) is 24.3 Å². The summed E-state index contributed by atoms with van der Waals surface area (Å²) in [6, 6.07) is 5.75. The van der Waals surface area contributed by atoms with Gasteiger partial charge in [-0.2, -0.15) is 0 Å². The molecule has 1 aromatic carbocycles. The molecule has 2 rings (SSSR count). The molecule has 0 radical (unpaired) electrons. The first-order valence-electron chi connectivity index (χ1n) is 6.83. The fraction of sp³-hybridized carbons (Fsp3) is 0.538. The predicted molar refractivity (Wildman–Crippen MR) is 87.6 cm³/mol. The lowest BCUT2D eigenvalue weighted by atomic mass is 10.1. The van der Waals surface area contributed by atoms with Crippen molar-refractivity contribution in [2.24, 2.45) is 0 Å². The molecule has 0 amide bonds. The van der Waals surface area contributed by atoms with Crippen LogP contribution in [0.1, 0.15) is 19.3 Å². The van der Waals surface area contributed by atoms with Crippen molar-refractivity contribution >= 4 is 32.3 Å². The fourth-order valence-corrected chi connectivity index (χ4v) is 5.07. The second-order valence-corrected chi connectivity index (χ2v) is 8.94. The Morgan fingerprint density at radius 2 is 1.77 bits per heavy atom. The number of rotatable bonds is 5. The average molecular weight is 369 g/mol. The van der Waals surface area contributed by atoms with Crippen molar-refractivity contribution < 1.29 is 16.8 Å². The van der Waals surface area contributed by atoms with Gasteiger partial charge in [-0.15, -0.1) is 12.4 Å². The molecular formula is C13H21ClN2O4S2. The maximum atomic E-state index is 12.3. The molecule has 1 aromatic rings. The summed E-state index contributed by atoms with van der Waals surface area (Å²) in [7, 11) is -7.44. The third kappa shape index (κ3) is 4.92. The van der Waals surface area contributed by atoms with Gasteiger partial charge in [-0.3, -0.25) is 0 Å². The van der Waals surface area contributed by atoms with Crippen LogP contribution in [-0.4, -0.2) is 42.2 Å². The van der Waals surface area contributed by atoms with Crippen LogP contribution in [-0.2, 0) is 19.9 Å². The SMILES string of the molecule is CS(=O)(=O)c1ccccc1S(=O)(=O)NCC1CCCCN1.Cl. The number of nitrogens with one attached hydrogen (secondary N) is 2. The normalized spacial score (nSPS) is 19.4. The third-order valence-electron chi connectivity index (χ3n) is 3.47. The summed E-state index contributed by atoms with van der Waals surface area (Å²) in [6.07, 6.45) is 4.08. The zero-order chi connectivity index (χ0) is 15.5. The van der Waals surface area contributed by atoms with E-state index in [0.29, 0.717) is 0 Å². The van der Waals surface area contributed by atoms with Crippen molar-refractivity contribution in [3.8, 4) is 0 Å². The molecule has 9 heteroatoms. The van der Waals surface area contributed by atoms with Crippen LogP contribution >= 0.6 is 12.4 Å². The Morgan fingerprint density at radius 1 is 1.14 bits per heavy atom. The maximum Gasteiger partial charge on any atom is 0.241 e. The number of hydrogen-bond donors (Lipinski definition) is 2. The molecule has 0 spiro atoms. The van der Waals surface area contributed by atoms with E-state index in [4.69, 9.17) is 0 Å². The Kier molecular flexibility index (Phi) is 6.82. The van der Waals surface area contributed by atoms with Gasteiger partial charge >= 0.3 is 0 Å². The summed E-state index contributed by atoms with van der Waals surface area (Å²) >= 11 is 0. The Labute approximate surface area is 138 Å². The van der Waals surface area contributed by atoms with E-state index in [1.165, 1.54) is 24.3 Å². The van der Waals surface area contributed by atoms with Gasteiger partial charge in [0.1, 0.15) is 4.90 Å². The Hall–Kier alpha value is -0.670. The summed E-state index contributed by atoms with van der Waals surface area (Å²) in [6.45, 7) is 1.15. The second-order valence-electron chi connectivity index (χ2n) is 5.22. The van der Waals surface area contributed by atoms with Crippen LogP contribution in [0.3, 0.4) is 0 Å². The minimum Gasteiger partial charge on any atom is -0.313 e. The quantitative estimate of drug-likeness (QED) is 0.806. The monoisotopic (exact) mass is 368 g/mol. The first kappa shape index (κ1) is 19.4. The molecule has 0 bridgehead atoms. The largest absolute Gasteiger partial charge is 0.313 e. The standard InChI is InChI=1S/C13H20N2O4S2.ClH/c1-20(16,17)12-7-2-3-8-13(12)21(18,19)15-10-11-6-4-5-9-14-11;/h2-3,7-8,11,14-15H,4-6,9-10H2,1H3;1H. The van der Waals surface area contributed by atoms with Gasteiger partial charge in [0.05, 0.1) is 4.90 Å². The van der Waals surface area contributed by atoms with Crippen LogP contribution in [0.2, 0.25) is 0 Å². The highest BCUT2D eigenvalue weighted by Crippen LogP contribution is 2.20. The van der Waals surface area contributed by atoms with Crippen LogP contribution in [0.5, 0.6) is 0 Å². The first-order chi connectivity index (χ1) is 9.81. The highest BCUT2D eigenvalue weighted by Gasteiger charge is 2.24. The lowest BCUT2D eigenvalue weighted by Crippen LogP contribution is -2.43. The number of sulfone groups is 1. The van der Waals surface area contributed by atoms with Gasteiger partial charge in [0, 0.05) is 18.8 Å². The first-order valence-corrected chi connectivity index (χ1v) is 10.2. The summed E-state index contributed by atoms with van der Waals surface area (Å²) < 4.78 is 50.6. The Bertz CT molecular complexity index is 699. The van der Waals surface area contributed by atoms with Gasteiger partial charge in [0.2, 0.25) is 10.0 Å². The molecule has 1 aliphatic heterocycles. The summed E-state index contributed by atoms with van der Waals surface area (Å²) in [4.78, 5) is -0.364. The van der Waals surface area contributed by atoms with E-state index in [1.807, 2.05) is 0 Å². The van der Waals surface area contributed by atoms with E-state index in [0.717, 1.165) is 32.1 Å². The van der Waals surface area contributed by atoms with E-state index in [9.17, 15) is 16.8 Å². The van der Waals surface area contributed by atoms with Crippen molar-refractivity contribution in [2.45, 2.75) is 35.1 Å². The molecule has 1 heterocycles. The van der Waals surface area contributed by atoms with E-state index in [-0.39, 0.29) is 34.8 Å². The molecule has 1 fully saturated rings. The molecule has 126 valence electrons. The molecule has 0 aliphatic carbocycles. The lowest BCUT2D eigenvalue weighted by molar-refractivity contribution is 0.398. The number of sulfonamides is 1. The van der Waals surface area contributed by atoms with Gasteiger partial charge in [0.25, 0.3) is 0 Å². The van der Waals surface area contributed by atoms with E-state index in [1.54, 1.807) is 0 Å². The topological polar surface area (TPSA) is 92.3 Å². The zero-order valence-corrected chi connectivity index (χ0v) is 14.7. The van der Waals surface area contributed by atoms with E-state index < -0.39 is 19.9 Å². The third-order valence-corrected chi connectivity index (χ3v) is 6.24. The number of benzene rings is 1. The van der Waals surface area contributed by atoms with Crippen molar-refractivity contribution in [1.29, 1.82) is 0 Å². The highest BCUT2D eigenvalue weighted by atomic mass is 35.5. The summed E-state index contributed by atoms with van der Waals surface area (Å²) in [5.41, 5.74) is 0. The van der Waals surface area contributed by atoms with Gasteiger partial charge < -0.3 is 5.32 Å². The Morgan fingerprint density at radius 3 is 2.32 bits per heavy atom. The molecule has 1 aliphatic rings. The molecular weight excluding hydrogens is 348 g/mol. The molecule has 0 saturated carbocycles. The van der Waals surface area contributed by atoms with Gasteiger partial charge in [-0.05, 0) is 31.5 Å². The van der Waals surface area contributed by atoms with Crippen LogP contribution in [0.25, 0.3) is 0 Å². The molecule has 2 N–H and O–H groups in total. The smallest absolute Gasteiger partial charge is 0.241 e. The lowest BCUT2D eigenvalue weighted by Gasteiger charge is -2.23. The molecule has 22 heavy (non-hydrogen) atoms. The second kappa shape index (κ2) is 7.74. The van der Waals surface area contributed by atoms with Crippen LogP contribution < -0.4 is 10.0 Å². The van der Waals surface area contributed by atoms with Crippen molar-refractivity contribution in [1.82, 2.24) is 10.0 Å². The van der Waals surface area contributed by atoms with E-state index >= 15 is 0 Å². The summed E-state index contributed by atoms with van der Waals surface area (Å²) in [5.74, 6) is 0. The highest BCUT2D eigenvalue weighted by molar-refractivity contribution is 7.93. The number of piperidine rings is 1. The number of halogens is 1. The molecule has 1 atom stereocenters.